The minimum atomic E-state index is 0.198. The fourth-order valence-electron chi connectivity index (χ4n) is 3.62. The molecule has 0 saturated carbocycles. The third-order valence-corrected chi connectivity index (χ3v) is 4.41. The first-order chi connectivity index (χ1) is 8.72. The van der Waals surface area contributed by atoms with Crippen molar-refractivity contribution in [2.24, 2.45) is 5.92 Å². The predicted molar refractivity (Wildman–Crippen MR) is 72.5 cm³/mol. The van der Waals surface area contributed by atoms with Crippen molar-refractivity contribution in [3.05, 3.63) is 17.7 Å². The van der Waals surface area contributed by atoms with Crippen molar-refractivity contribution >= 4 is 0 Å². The molecule has 100 valence electrons. The van der Waals surface area contributed by atoms with E-state index in [4.69, 9.17) is 0 Å². The molecule has 3 rings (SSSR count). The van der Waals surface area contributed by atoms with Crippen molar-refractivity contribution in [3.63, 3.8) is 0 Å². The SMILES string of the molecule is CC(C)CN1CCc2[nH]cnc2C12CCNCC2. The summed E-state index contributed by atoms with van der Waals surface area (Å²) in [5, 5.41) is 3.49. The summed E-state index contributed by atoms with van der Waals surface area (Å²) >= 11 is 0. The number of aromatic amines is 1. The number of nitrogens with zero attached hydrogens (tertiary/aromatic N) is 2. The Kier molecular flexibility index (Phi) is 3.16. The Bertz CT molecular complexity index is 404. The number of hydrogen-bond acceptors (Lipinski definition) is 3. The number of piperidine rings is 1. The van der Waals surface area contributed by atoms with Gasteiger partial charge in [0.25, 0.3) is 0 Å². The molecule has 1 saturated heterocycles. The van der Waals surface area contributed by atoms with Crippen LogP contribution in [0.5, 0.6) is 0 Å². The van der Waals surface area contributed by atoms with E-state index >= 15 is 0 Å². The summed E-state index contributed by atoms with van der Waals surface area (Å²) in [7, 11) is 0. The van der Waals surface area contributed by atoms with Crippen LogP contribution in [0.1, 0.15) is 38.1 Å². The van der Waals surface area contributed by atoms with E-state index < -0.39 is 0 Å². The van der Waals surface area contributed by atoms with Gasteiger partial charge in [0, 0.05) is 25.2 Å². The van der Waals surface area contributed by atoms with Gasteiger partial charge in [0.2, 0.25) is 0 Å². The van der Waals surface area contributed by atoms with Gasteiger partial charge in [-0.3, -0.25) is 4.90 Å². The van der Waals surface area contributed by atoms with Gasteiger partial charge < -0.3 is 10.3 Å². The van der Waals surface area contributed by atoms with Crippen LogP contribution in [-0.2, 0) is 12.0 Å². The fourth-order valence-corrected chi connectivity index (χ4v) is 3.62. The Balaban J connectivity index is 1.96. The molecule has 0 atom stereocenters. The summed E-state index contributed by atoms with van der Waals surface area (Å²) in [4.78, 5) is 10.7. The Hall–Kier alpha value is -0.870. The van der Waals surface area contributed by atoms with Crippen molar-refractivity contribution in [3.8, 4) is 0 Å². The van der Waals surface area contributed by atoms with Crippen molar-refractivity contribution in [1.82, 2.24) is 20.2 Å². The fraction of sp³-hybridized carbons (Fsp3) is 0.786. The second-order valence-electron chi connectivity index (χ2n) is 6.10. The summed E-state index contributed by atoms with van der Waals surface area (Å²) in [5.41, 5.74) is 2.90. The van der Waals surface area contributed by atoms with Crippen molar-refractivity contribution in [2.45, 2.75) is 38.6 Å². The summed E-state index contributed by atoms with van der Waals surface area (Å²) in [6.07, 6.45) is 5.39. The Morgan fingerprint density at radius 1 is 1.39 bits per heavy atom. The van der Waals surface area contributed by atoms with Crippen LogP contribution >= 0.6 is 0 Å². The first kappa shape index (κ1) is 12.2. The number of nitrogens with one attached hydrogen (secondary N) is 2. The maximum atomic E-state index is 4.67. The third-order valence-electron chi connectivity index (χ3n) is 4.41. The largest absolute Gasteiger partial charge is 0.348 e. The van der Waals surface area contributed by atoms with E-state index in [1.54, 1.807) is 0 Å². The molecule has 2 aliphatic heterocycles. The molecular weight excluding hydrogens is 224 g/mol. The average molecular weight is 248 g/mol. The van der Waals surface area contributed by atoms with Gasteiger partial charge in [0.1, 0.15) is 0 Å². The second kappa shape index (κ2) is 4.67. The molecule has 0 aliphatic carbocycles. The lowest BCUT2D eigenvalue weighted by Gasteiger charge is -2.49. The molecule has 3 heterocycles. The van der Waals surface area contributed by atoms with Gasteiger partial charge >= 0.3 is 0 Å². The molecule has 1 spiro atoms. The molecule has 2 aliphatic rings. The molecule has 0 bridgehead atoms. The lowest BCUT2D eigenvalue weighted by atomic mass is 9.79. The molecule has 0 radical (unpaired) electrons. The Morgan fingerprint density at radius 3 is 2.89 bits per heavy atom. The van der Waals surface area contributed by atoms with Crippen LogP contribution in [0.4, 0.5) is 0 Å². The molecule has 18 heavy (non-hydrogen) atoms. The first-order valence-electron chi connectivity index (χ1n) is 7.21. The molecule has 0 amide bonds. The Labute approximate surface area is 109 Å². The van der Waals surface area contributed by atoms with Crippen LogP contribution in [0.3, 0.4) is 0 Å². The maximum absolute atomic E-state index is 4.67. The summed E-state index contributed by atoms with van der Waals surface area (Å²) in [5.74, 6) is 0.720. The zero-order valence-corrected chi connectivity index (χ0v) is 11.5. The van der Waals surface area contributed by atoms with Gasteiger partial charge in [-0.1, -0.05) is 13.8 Å². The van der Waals surface area contributed by atoms with Crippen LogP contribution in [0, 0.1) is 5.92 Å². The average Bonchev–Trinajstić information content (AvgIpc) is 2.83. The third kappa shape index (κ3) is 1.88. The number of hydrogen-bond donors (Lipinski definition) is 2. The van der Waals surface area contributed by atoms with Crippen molar-refractivity contribution in [2.75, 3.05) is 26.2 Å². The van der Waals surface area contributed by atoms with E-state index in [0.29, 0.717) is 0 Å². The number of imidazole rings is 1. The topological polar surface area (TPSA) is 44.0 Å². The molecule has 4 heteroatoms. The van der Waals surface area contributed by atoms with E-state index in [-0.39, 0.29) is 5.54 Å². The van der Waals surface area contributed by atoms with Crippen molar-refractivity contribution < 1.29 is 0 Å². The molecule has 2 N–H and O–H groups in total. The minimum Gasteiger partial charge on any atom is -0.348 e. The van der Waals surface area contributed by atoms with Crippen LogP contribution in [0.2, 0.25) is 0 Å². The molecular formula is C14H24N4. The number of aromatic nitrogens is 2. The standard InChI is InChI=1S/C14H24N4/c1-11(2)9-18-8-3-12-13(17-10-16-12)14(18)4-6-15-7-5-14/h10-11,15H,3-9H2,1-2H3,(H,16,17). The molecule has 0 unspecified atom stereocenters. The number of fused-ring (bicyclic) bond motifs is 2. The monoisotopic (exact) mass is 248 g/mol. The highest BCUT2D eigenvalue weighted by Crippen LogP contribution is 2.40. The zero-order valence-electron chi connectivity index (χ0n) is 11.5. The van der Waals surface area contributed by atoms with E-state index in [0.717, 1.165) is 25.4 Å². The first-order valence-corrected chi connectivity index (χ1v) is 7.21. The molecule has 1 aromatic rings. The second-order valence-corrected chi connectivity index (χ2v) is 6.10. The van der Waals surface area contributed by atoms with Crippen LogP contribution < -0.4 is 5.32 Å². The lowest BCUT2D eigenvalue weighted by Crippen LogP contribution is -2.56. The normalized spacial score (nSPS) is 23.5. The molecule has 1 fully saturated rings. The molecule has 0 aromatic carbocycles. The van der Waals surface area contributed by atoms with Gasteiger partial charge in [-0.2, -0.15) is 0 Å². The lowest BCUT2D eigenvalue weighted by molar-refractivity contribution is 0.0290. The number of rotatable bonds is 2. The number of H-pyrrole nitrogens is 1. The Morgan fingerprint density at radius 2 is 2.17 bits per heavy atom. The van der Waals surface area contributed by atoms with Crippen LogP contribution in [0.25, 0.3) is 0 Å². The summed E-state index contributed by atoms with van der Waals surface area (Å²) in [6, 6.07) is 0. The predicted octanol–water partition coefficient (Wildman–Crippen LogP) is 1.50. The highest BCUT2D eigenvalue weighted by atomic mass is 15.2. The highest BCUT2D eigenvalue weighted by molar-refractivity contribution is 5.26. The zero-order chi connectivity index (χ0) is 12.6. The van der Waals surface area contributed by atoms with E-state index in [1.165, 1.54) is 37.3 Å². The van der Waals surface area contributed by atoms with Crippen molar-refractivity contribution in [1.29, 1.82) is 0 Å². The van der Waals surface area contributed by atoms with Crippen LogP contribution in [-0.4, -0.2) is 41.0 Å². The van der Waals surface area contributed by atoms with Crippen LogP contribution in [0.15, 0.2) is 6.33 Å². The van der Waals surface area contributed by atoms with E-state index in [1.807, 2.05) is 6.33 Å². The maximum Gasteiger partial charge on any atom is 0.0926 e. The minimum absolute atomic E-state index is 0.198. The van der Waals surface area contributed by atoms with Gasteiger partial charge in [-0.05, 0) is 31.8 Å². The van der Waals surface area contributed by atoms with E-state index in [9.17, 15) is 0 Å². The van der Waals surface area contributed by atoms with Gasteiger partial charge in [0.05, 0.1) is 17.6 Å². The molecule has 4 nitrogen and oxygen atoms in total. The smallest absolute Gasteiger partial charge is 0.0926 e. The van der Waals surface area contributed by atoms with E-state index in [2.05, 4.69) is 34.0 Å². The quantitative estimate of drug-likeness (QED) is 0.833. The van der Waals surface area contributed by atoms with Gasteiger partial charge in [-0.15, -0.1) is 0 Å². The summed E-state index contributed by atoms with van der Waals surface area (Å²) < 4.78 is 0. The summed E-state index contributed by atoms with van der Waals surface area (Å²) in [6.45, 7) is 9.21. The van der Waals surface area contributed by atoms with Gasteiger partial charge in [-0.25, -0.2) is 4.98 Å². The molecule has 1 aromatic heterocycles. The highest BCUT2D eigenvalue weighted by Gasteiger charge is 2.45. The van der Waals surface area contributed by atoms with Gasteiger partial charge in [0.15, 0.2) is 0 Å².